The molecule has 0 aliphatic carbocycles. The Labute approximate surface area is 238 Å². The van der Waals surface area contributed by atoms with Gasteiger partial charge in [-0.2, -0.15) is 0 Å². The van der Waals surface area contributed by atoms with Crippen LogP contribution in [0.1, 0.15) is 37.7 Å². The largest absolute Gasteiger partial charge is 0.622 e. The number of benzene rings is 1. The van der Waals surface area contributed by atoms with Gasteiger partial charge in [0.15, 0.2) is 0 Å². The molecule has 0 spiro atoms. The van der Waals surface area contributed by atoms with E-state index in [4.69, 9.17) is 14.0 Å². The molecular weight excluding hydrogens is 531 g/mol. The third-order valence-electron chi connectivity index (χ3n) is 7.03. The van der Waals surface area contributed by atoms with Crippen LogP contribution in [-0.2, 0) is 28.4 Å². The highest BCUT2D eigenvalue weighted by Crippen LogP contribution is 2.21. The van der Waals surface area contributed by atoms with Crippen molar-refractivity contribution in [3.63, 3.8) is 0 Å². The summed E-state index contributed by atoms with van der Waals surface area (Å²) in [5, 5.41) is 15.7. The summed E-state index contributed by atoms with van der Waals surface area (Å²) in [6.45, 7) is 5.26. The minimum Gasteiger partial charge on any atom is -0.497 e. The van der Waals surface area contributed by atoms with Crippen LogP contribution in [0, 0.1) is 5.92 Å². The summed E-state index contributed by atoms with van der Waals surface area (Å²) < 4.78 is 16.5. The highest BCUT2D eigenvalue weighted by atomic mass is 16.6. The number of nitrogens with zero attached hydrogens (tertiary/aromatic N) is 2. The summed E-state index contributed by atoms with van der Waals surface area (Å²) in [5.41, 5.74) is 1.44. The van der Waals surface area contributed by atoms with Crippen molar-refractivity contribution in [1.82, 2.24) is 20.5 Å². The van der Waals surface area contributed by atoms with Gasteiger partial charge in [-0.1, -0.05) is 50.2 Å². The molecular formula is C28H35BN4O8. The van der Waals surface area contributed by atoms with Crippen molar-refractivity contribution < 1.29 is 38.3 Å². The Bertz CT molecular complexity index is 1230. The highest BCUT2D eigenvalue weighted by molar-refractivity contribution is 6.51. The van der Waals surface area contributed by atoms with Gasteiger partial charge in [0.25, 0.3) is 5.91 Å². The number of carbonyl (C=O) groups is 4. The number of aliphatic hydroxyl groups is 1. The first-order valence-electron chi connectivity index (χ1n) is 13.6. The van der Waals surface area contributed by atoms with E-state index in [1.807, 2.05) is 44.2 Å². The van der Waals surface area contributed by atoms with Crippen LogP contribution in [0.3, 0.4) is 0 Å². The van der Waals surface area contributed by atoms with Crippen LogP contribution in [0.15, 0.2) is 48.5 Å². The normalized spacial score (nSPS) is 21.6. The van der Waals surface area contributed by atoms with E-state index in [1.165, 1.54) is 13.0 Å². The number of carbonyl (C=O) groups excluding carboxylic acids is 4. The van der Waals surface area contributed by atoms with E-state index in [-0.39, 0.29) is 31.2 Å². The van der Waals surface area contributed by atoms with Crippen LogP contribution < -0.4 is 10.6 Å². The van der Waals surface area contributed by atoms with Crippen LogP contribution in [0.25, 0.3) is 11.3 Å². The van der Waals surface area contributed by atoms with Crippen LogP contribution in [0.4, 0.5) is 0 Å². The van der Waals surface area contributed by atoms with E-state index in [0.717, 1.165) is 5.56 Å². The van der Waals surface area contributed by atoms with E-state index in [0.29, 0.717) is 5.69 Å². The molecule has 13 heteroatoms. The number of fused-ring (bicyclic) bond motifs is 2. The minimum absolute atomic E-state index is 0.00170. The standard InChI is InChI=1S/C28H35BN4O8/c1-16(2)13-23(29-40-27(37)21-14-39-15-22(33(21)4)28(38)41-29)31-26(36)24(17(3)34)32-25(35)20-12-8-11-19(30-20)18-9-6-5-7-10-18/h5-12,16-17,21-24,34H,13-15H2,1-4H3,(H,31,36)(H,32,35)/t17-,21+,22+,23+,24+/m1/s1. The molecule has 2 saturated heterocycles. The van der Waals surface area contributed by atoms with Crippen molar-refractivity contribution in [3.05, 3.63) is 54.2 Å². The summed E-state index contributed by atoms with van der Waals surface area (Å²) in [5.74, 6) is -3.65. The molecule has 2 aliphatic heterocycles. The number of pyridine rings is 1. The highest BCUT2D eigenvalue weighted by Gasteiger charge is 2.49. The summed E-state index contributed by atoms with van der Waals surface area (Å²) in [7, 11) is 0.210. The first-order valence-corrected chi connectivity index (χ1v) is 13.6. The Kier molecular flexibility index (Phi) is 9.74. The van der Waals surface area contributed by atoms with Crippen molar-refractivity contribution in [1.29, 1.82) is 0 Å². The van der Waals surface area contributed by atoms with Gasteiger partial charge in [-0.3, -0.25) is 24.1 Å². The topological polar surface area (TPSA) is 156 Å². The molecule has 2 aromatic rings. The van der Waals surface area contributed by atoms with Crippen LogP contribution in [-0.4, -0.2) is 96.3 Å². The molecule has 41 heavy (non-hydrogen) atoms. The fourth-order valence-corrected chi connectivity index (χ4v) is 4.76. The maximum absolute atomic E-state index is 13.4. The molecule has 218 valence electrons. The zero-order chi connectivity index (χ0) is 29.7. The summed E-state index contributed by atoms with van der Waals surface area (Å²) in [4.78, 5) is 58.3. The fraction of sp³-hybridized carbons (Fsp3) is 0.464. The molecule has 1 aromatic carbocycles. The molecule has 3 N–H and O–H groups in total. The third kappa shape index (κ3) is 7.29. The number of nitrogens with one attached hydrogen (secondary N) is 2. The molecule has 1 aromatic heterocycles. The van der Waals surface area contributed by atoms with Gasteiger partial charge >= 0.3 is 19.1 Å². The lowest BCUT2D eigenvalue weighted by Gasteiger charge is -2.40. The Morgan fingerprint density at radius 1 is 1.00 bits per heavy atom. The van der Waals surface area contributed by atoms with Gasteiger partial charge in [-0.05, 0) is 38.4 Å². The molecule has 2 aliphatic rings. The van der Waals surface area contributed by atoms with E-state index < -0.39 is 61.0 Å². The van der Waals surface area contributed by atoms with Gasteiger partial charge in [0.1, 0.15) is 23.8 Å². The maximum Gasteiger partial charge on any atom is 0.622 e. The number of amides is 2. The van der Waals surface area contributed by atoms with Crippen LogP contribution in [0.2, 0.25) is 0 Å². The lowest BCUT2D eigenvalue weighted by Crippen LogP contribution is -2.64. The van der Waals surface area contributed by atoms with Crippen molar-refractivity contribution >= 4 is 30.9 Å². The molecule has 3 heterocycles. The first kappa shape index (κ1) is 30.2. The van der Waals surface area contributed by atoms with Gasteiger partial charge in [-0.15, -0.1) is 0 Å². The number of aliphatic hydroxyl groups excluding tert-OH is 1. The minimum atomic E-state index is -1.41. The number of hydrogen-bond acceptors (Lipinski definition) is 10. The van der Waals surface area contributed by atoms with E-state index >= 15 is 0 Å². The zero-order valence-electron chi connectivity index (χ0n) is 23.5. The zero-order valence-corrected chi connectivity index (χ0v) is 23.5. The Morgan fingerprint density at radius 3 is 2.22 bits per heavy atom. The van der Waals surface area contributed by atoms with E-state index in [9.17, 15) is 24.3 Å². The van der Waals surface area contributed by atoms with Crippen molar-refractivity contribution in [2.24, 2.45) is 5.92 Å². The maximum atomic E-state index is 13.4. The fourth-order valence-electron chi connectivity index (χ4n) is 4.76. The van der Waals surface area contributed by atoms with Crippen molar-refractivity contribution in [2.45, 2.75) is 57.4 Å². The SMILES string of the molecule is CC(C)C[C@H](NC(=O)[C@@H](NC(=O)c1cccc(-c2ccccc2)n1)[C@@H](C)O)B1OC(=O)[C@@H]2COC[C@@H](C(=O)O1)N2C. The van der Waals surface area contributed by atoms with Crippen molar-refractivity contribution in [2.75, 3.05) is 20.3 Å². The van der Waals surface area contributed by atoms with Gasteiger partial charge in [0.2, 0.25) is 5.91 Å². The lowest BCUT2D eigenvalue weighted by molar-refractivity contribution is -0.166. The van der Waals surface area contributed by atoms with Crippen LogP contribution >= 0.6 is 0 Å². The molecule has 0 unspecified atom stereocenters. The van der Waals surface area contributed by atoms with E-state index in [2.05, 4.69) is 15.6 Å². The molecule has 12 nitrogen and oxygen atoms in total. The molecule has 4 rings (SSSR count). The summed E-state index contributed by atoms with van der Waals surface area (Å²) in [6.07, 6.45) is -1.01. The first-order chi connectivity index (χ1) is 19.5. The lowest BCUT2D eigenvalue weighted by atomic mass is 9.73. The summed E-state index contributed by atoms with van der Waals surface area (Å²) >= 11 is 0. The summed E-state index contributed by atoms with van der Waals surface area (Å²) in [6, 6.07) is 11.3. The molecule has 0 saturated carbocycles. The number of ether oxygens (including phenoxy) is 1. The second-order valence-electron chi connectivity index (χ2n) is 10.7. The second kappa shape index (κ2) is 13.2. The number of likely N-dealkylation sites (N-methyl/N-ethyl adjacent to an activating group) is 1. The second-order valence-corrected chi connectivity index (χ2v) is 10.7. The van der Waals surface area contributed by atoms with E-state index in [1.54, 1.807) is 24.1 Å². The molecule has 2 bridgehead atoms. The monoisotopic (exact) mass is 566 g/mol. The predicted molar refractivity (Wildman–Crippen MR) is 148 cm³/mol. The van der Waals surface area contributed by atoms with Crippen LogP contribution in [0.5, 0.6) is 0 Å². The smallest absolute Gasteiger partial charge is 0.497 e. The number of aromatic nitrogens is 1. The number of hydrogen-bond donors (Lipinski definition) is 3. The predicted octanol–water partition coefficient (Wildman–Crippen LogP) is 0.585. The Hall–Kier alpha value is -3.81. The van der Waals surface area contributed by atoms with Gasteiger partial charge in [0.05, 0.1) is 31.0 Å². The van der Waals surface area contributed by atoms with Crippen molar-refractivity contribution in [3.8, 4) is 11.3 Å². The molecule has 2 fully saturated rings. The van der Waals surface area contributed by atoms with Gasteiger partial charge in [-0.25, -0.2) is 4.98 Å². The molecule has 0 radical (unpaired) electrons. The average Bonchev–Trinajstić information content (AvgIpc) is 2.94. The Morgan fingerprint density at radius 2 is 1.63 bits per heavy atom. The third-order valence-corrected chi connectivity index (χ3v) is 7.03. The number of morpholine rings is 1. The average molecular weight is 566 g/mol. The van der Waals surface area contributed by atoms with Gasteiger partial charge < -0.3 is 29.8 Å². The van der Waals surface area contributed by atoms with Gasteiger partial charge in [0, 0.05) is 5.56 Å². The quantitative estimate of drug-likeness (QED) is 0.367. The molecule has 2 amide bonds. The Balaban J connectivity index is 1.51. The number of rotatable bonds is 9. The molecule has 5 atom stereocenters.